The summed E-state index contributed by atoms with van der Waals surface area (Å²) >= 11 is 6.25. The maximum absolute atomic E-state index is 13.0. The Bertz CT molecular complexity index is 803. The van der Waals surface area contributed by atoms with Gasteiger partial charge in [-0.05, 0) is 49.4 Å². The Morgan fingerprint density at radius 1 is 1.21 bits per heavy atom. The molecule has 3 rings (SSSR count). The highest BCUT2D eigenvalue weighted by atomic mass is 35.5. The summed E-state index contributed by atoms with van der Waals surface area (Å²) in [5, 5.41) is -0.0397. The maximum Gasteiger partial charge on any atom is 0.338 e. The zero-order valence-electron chi connectivity index (χ0n) is 16.2. The quantitative estimate of drug-likeness (QED) is 0.411. The second kappa shape index (κ2) is 8.78. The molecule has 1 unspecified atom stereocenters. The predicted octanol–water partition coefficient (Wildman–Crippen LogP) is 3.70. The highest BCUT2D eigenvalue weighted by molar-refractivity contribution is 6.52. The van der Waals surface area contributed by atoms with Crippen molar-refractivity contribution in [2.75, 3.05) is 24.6 Å². The normalized spacial score (nSPS) is 20.2. The number of carbonyl (C=O) groups excluding carboxylic acids is 3. The van der Waals surface area contributed by atoms with E-state index in [-0.39, 0.29) is 10.7 Å². The van der Waals surface area contributed by atoms with Crippen LogP contribution in [0.5, 0.6) is 0 Å². The van der Waals surface area contributed by atoms with Gasteiger partial charge in [0.25, 0.3) is 11.8 Å². The third kappa shape index (κ3) is 4.07. The number of nitrogens with zero attached hydrogens (tertiary/aromatic N) is 2. The molecule has 1 aromatic rings. The number of piperidine rings is 1. The second-order valence-electron chi connectivity index (χ2n) is 7.34. The Balaban J connectivity index is 1.75. The molecule has 1 saturated heterocycles. The maximum atomic E-state index is 13.0. The van der Waals surface area contributed by atoms with Gasteiger partial charge < -0.3 is 9.64 Å². The van der Waals surface area contributed by atoms with E-state index in [0.29, 0.717) is 36.9 Å². The molecule has 0 saturated carbocycles. The first kappa shape index (κ1) is 20.4. The fourth-order valence-corrected chi connectivity index (χ4v) is 3.82. The number of amides is 2. The summed E-state index contributed by atoms with van der Waals surface area (Å²) in [6, 6.07) is 6.24. The van der Waals surface area contributed by atoms with Crippen LogP contribution in [0.2, 0.25) is 0 Å². The summed E-state index contributed by atoms with van der Waals surface area (Å²) in [6.45, 7) is 5.94. The number of carbonyl (C=O) groups is 3. The summed E-state index contributed by atoms with van der Waals surface area (Å²) < 4.78 is 5.18. The van der Waals surface area contributed by atoms with Gasteiger partial charge in [-0.3, -0.25) is 9.59 Å². The minimum Gasteiger partial charge on any atom is -0.462 e. The lowest BCUT2D eigenvalue weighted by Crippen LogP contribution is -2.39. The molecule has 1 aromatic carbocycles. The Kier molecular flexibility index (Phi) is 6.39. The van der Waals surface area contributed by atoms with Gasteiger partial charge in [0.2, 0.25) is 0 Å². The van der Waals surface area contributed by atoms with E-state index in [9.17, 15) is 14.4 Å². The molecule has 0 aromatic heterocycles. The molecule has 7 heteroatoms. The average molecular weight is 405 g/mol. The summed E-state index contributed by atoms with van der Waals surface area (Å²) in [6.07, 6.45) is 3.81. The molecule has 1 atom stereocenters. The molecule has 0 radical (unpaired) electrons. The number of anilines is 1. The van der Waals surface area contributed by atoms with Crippen LogP contribution in [0, 0.1) is 5.92 Å². The number of rotatable bonds is 6. The van der Waals surface area contributed by atoms with Crippen molar-refractivity contribution in [2.45, 2.75) is 39.5 Å². The smallest absolute Gasteiger partial charge is 0.338 e. The number of benzene rings is 1. The fourth-order valence-electron chi connectivity index (χ4n) is 3.53. The molecular formula is C21H25ClN2O4. The van der Waals surface area contributed by atoms with Crippen LogP contribution in [-0.2, 0) is 14.3 Å². The minimum absolute atomic E-state index is 0.0397. The first-order valence-corrected chi connectivity index (χ1v) is 10.1. The van der Waals surface area contributed by atoms with Gasteiger partial charge in [-0.2, -0.15) is 0 Å². The van der Waals surface area contributed by atoms with Gasteiger partial charge in [0.15, 0.2) is 0 Å². The molecule has 0 aliphatic carbocycles. The van der Waals surface area contributed by atoms with Gasteiger partial charge >= 0.3 is 5.97 Å². The van der Waals surface area contributed by atoms with Crippen LogP contribution in [0.1, 0.15) is 49.9 Å². The van der Waals surface area contributed by atoms with Crippen LogP contribution < -0.4 is 4.90 Å². The van der Waals surface area contributed by atoms with Gasteiger partial charge in [0, 0.05) is 13.1 Å². The van der Waals surface area contributed by atoms with E-state index in [1.165, 1.54) is 0 Å². The molecule has 150 valence electrons. The molecule has 0 bridgehead atoms. The van der Waals surface area contributed by atoms with Gasteiger partial charge in [0.05, 0.1) is 17.9 Å². The van der Waals surface area contributed by atoms with Gasteiger partial charge in [0.1, 0.15) is 10.7 Å². The largest absolute Gasteiger partial charge is 0.462 e. The van der Waals surface area contributed by atoms with E-state index in [0.717, 1.165) is 30.6 Å². The van der Waals surface area contributed by atoms with E-state index in [1.54, 1.807) is 24.3 Å². The number of halogens is 1. The number of esters is 1. The lowest BCUT2D eigenvalue weighted by Gasteiger charge is -2.33. The number of hydrogen-bond acceptors (Lipinski definition) is 5. The average Bonchev–Trinajstić information content (AvgIpc) is 2.91. The van der Waals surface area contributed by atoms with Crippen LogP contribution >= 0.6 is 11.6 Å². The molecule has 0 spiro atoms. The minimum atomic E-state index is -0.529. The van der Waals surface area contributed by atoms with Crippen molar-refractivity contribution < 1.29 is 19.1 Å². The van der Waals surface area contributed by atoms with Crippen LogP contribution in [0.25, 0.3) is 0 Å². The first-order chi connectivity index (χ1) is 13.4. The van der Waals surface area contributed by atoms with Gasteiger partial charge in [-0.25, -0.2) is 9.69 Å². The lowest BCUT2D eigenvalue weighted by atomic mass is 10.00. The zero-order chi connectivity index (χ0) is 20.3. The second-order valence-corrected chi connectivity index (χ2v) is 7.72. The van der Waals surface area contributed by atoms with Crippen molar-refractivity contribution in [3.8, 4) is 0 Å². The standard InChI is InChI=1S/C21H25ClN2O4/c1-3-4-12-28-21(27)15-7-9-16(10-8-15)24-19(25)17(22)18(20(24)26)23-11-5-6-14(2)13-23/h7-10,14H,3-6,11-13H2,1-2H3. The molecule has 2 amide bonds. The SMILES string of the molecule is CCCCOC(=O)c1ccc(N2C(=O)C(Cl)=C(N3CCCC(C)C3)C2=O)cc1. The van der Waals surface area contributed by atoms with E-state index in [2.05, 4.69) is 6.92 Å². The number of likely N-dealkylation sites (tertiary alicyclic amines) is 1. The van der Waals surface area contributed by atoms with Crippen molar-refractivity contribution in [3.05, 3.63) is 40.6 Å². The third-order valence-corrected chi connectivity index (χ3v) is 5.41. The van der Waals surface area contributed by atoms with Crippen molar-refractivity contribution in [2.24, 2.45) is 5.92 Å². The lowest BCUT2D eigenvalue weighted by molar-refractivity contribution is -0.121. The Hall–Kier alpha value is -2.34. The first-order valence-electron chi connectivity index (χ1n) is 9.74. The van der Waals surface area contributed by atoms with Crippen LogP contribution in [-0.4, -0.2) is 42.4 Å². The van der Waals surface area contributed by atoms with Crippen molar-refractivity contribution in [3.63, 3.8) is 0 Å². The highest BCUT2D eigenvalue weighted by Crippen LogP contribution is 2.33. The Labute approximate surface area is 170 Å². The van der Waals surface area contributed by atoms with Crippen LogP contribution in [0.15, 0.2) is 35.0 Å². The number of hydrogen-bond donors (Lipinski definition) is 0. The molecule has 28 heavy (non-hydrogen) atoms. The number of imide groups is 1. The summed E-state index contributed by atoms with van der Waals surface area (Å²) in [5.74, 6) is -0.917. The molecular weight excluding hydrogens is 380 g/mol. The number of unbranched alkanes of at least 4 members (excludes halogenated alkanes) is 1. The molecule has 2 aliphatic heterocycles. The zero-order valence-corrected chi connectivity index (χ0v) is 17.0. The highest BCUT2D eigenvalue weighted by Gasteiger charge is 2.42. The molecule has 2 aliphatic rings. The Morgan fingerprint density at radius 2 is 1.93 bits per heavy atom. The summed E-state index contributed by atoms with van der Waals surface area (Å²) in [4.78, 5) is 40.6. The Morgan fingerprint density at radius 3 is 2.57 bits per heavy atom. The van der Waals surface area contributed by atoms with Crippen molar-refractivity contribution in [1.29, 1.82) is 0 Å². The van der Waals surface area contributed by atoms with Crippen molar-refractivity contribution >= 4 is 35.1 Å². The van der Waals surface area contributed by atoms with Crippen LogP contribution in [0.3, 0.4) is 0 Å². The molecule has 2 heterocycles. The molecule has 0 N–H and O–H groups in total. The van der Waals surface area contributed by atoms with Gasteiger partial charge in [-0.15, -0.1) is 0 Å². The van der Waals surface area contributed by atoms with E-state index in [1.807, 2.05) is 11.8 Å². The van der Waals surface area contributed by atoms with E-state index in [4.69, 9.17) is 16.3 Å². The fraction of sp³-hybridized carbons (Fsp3) is 0.476. The summed E-state index contributed by atoms with van der Waals surface area (Å²) in [7, 11) is 0. The summed E-state index contributed by atoms with van der Waals surface area (Å²) in [5.41, 5.74) is 1.04. The van der Waals surface area contributed by atoms with Crippen LogP contribution in [0.4, 0.5) is 5.69 Å². The van der Waals surface area contributed by atoms with E-state index < -0.39 is 17.8 Å². The molecule has 6 nitrogen and oxygen atoms in total. The predicted molar refractivity (Wildman–Crippen MR) is 107 cm³/mol. The topological polar surface area (TPSA) is 66.9 Å². The van der Waals surface area contributed by atoms with E-state index >= 15 is 0 Å². The van der Waals surface area contributed by atoms with Gasteiger partial charge in [-0.1, -0.05) is 31.9 Å². The number of ether oxygens (including phenoxy) is 1. The monoisotopic (exact) mass is 404 g/mol. The third-order valence-electron chi connectivity index (χ3n) is 5.07. The van der Waals surface area contributed by atoms with Crippen molar-refractivity contribution in [1.82, 2.24) is 4.90 Å². The molecule has 1 fully saturated rings.